The number of benzene rings is 1. The molecule has 1 atom stereocenters. The Morgan fingerprint density at radius 2 is 2.17 bits per heavy atom. The number of rotatable bonds is 3. The molecular weight excluding hydrogens is 252 g/mol. The normalized spacial score (nSPS) is 18.8. The molecule has 0 saturated heterocycles. The van der Waals surface area contributed by atoms with E-state index in [0.717, 1.165) is 5.56 Å². The highest BCUT2D eigenvalue weighted by molar-refractivity contribution is 7.92. The maximum absolute atomic E-state index is 12.0. The van der Waals surface area contributed by atoms with Crippen molar-refractivity contribution in [2.75, 3.05) is 10.1 Å². The van der Waals surface area contributed by atoms with Gasteiger partial charge in [0.15, 0.2) is 0 Å². The number of amides is 1. The van der Waals surface area contributed by atoms with Crippen LogP contribution in [0.2, 0.25) is 0 Å². The summed E-state index contributed by atoms with van der Waals surface area (Å²) in [5.41, 5.74) is 7.15. The summed E-state index contributed by atoms with van der Waals surface area (Å²) in [7, 11) is -3.28. The number of hydrogen-bond donors (Lipinski definition) is 1. The van der Waals surface area contributed by atoms with Gasteiger partial charge in [-0.05, 0) is 44.0 Å². The molecule has 0 fully saturated rings. The van der Waals surface area contributed by atoms with Crippen LogP contribution in [-0.2, 0) is 16.4 Å². The lowest BCUT2D eigenvalue weighted by molar-refractivity contribution is 0.1000. The minimum Gasteiger partial charge on any atom is -0.366 e. The Labute approximate surface area is 107 Å². The Morgan fingerprint density at radius 3 is 2.72 bits per heavy atom. The van der Waals surface area contributed by atoms with Crippen molar-refractivity contribution in [1.82, 2.24) is 0 Å². The lowest BCUT2D eigenvalue weighted by Crippen LogP contribution is -2.36. The van der Waals surface area contributed by atoms with Crippen LogP contribution in [0.15, 0.2) is 18.2 Å². The monoisotopic (exact) mass is 268 g/mol. The second-order valence-electron chi connectivity index (χ2n) is 4.46. The third kappa shape index (κ3) is 1.96. The van der Waals surface area contributed by atoms with Gasteiger partial charge < -0.3 is 5.73 Å². The second kappa shape index (κ2) is 4.28. The molecule has 1 aliphatic rings. The Balaban J connectivity index is 2.51. The second-order valence-corrected chi connectivity index (χ2v) is 6.59. The summed E-state index contributed by atoms with van der Waals surface area (Å²) in [5, 5.41) is 0. The van der Waals surface area contributed by atoms with E-state index in [1.54, 1.807) is 25.1 Å². The van der Waals surface area contributed by atoms with Crippen molar-refractivity contribution in [3.63, 3.8) is 0 Å². The fourth-order valence-corrected chi connectivity index (χ4v) is 3.70. The van der Waals surface area contributed by atoms with Gasteiger partial charge in [0.1, 0.15) is 0 Å². The molecule has 0 bridgehead atoms. The fourth-order valence-electron chi connectivity index (χ4n) is 2.32. The first-order chi connectivity index (χ1) is 8.36. The first kappa shape index (κ1) is 12.9. The summed E-state index contributed by atoms with van der Waals surface area (Å²) >= 11 is 0. The number of carbonyl (C=O) groups excluding carboxylic acids is 1. The fraction of sp³-hybridized carbons (Fsp3) is 0.417. The number of primary amides is 1. The summed E-state index contributed by atoms with van der Waals surface area (Å²) in [6.45, 7) is 3.48. The number of sulfonamides is 1. The quantitative estimate of drug-likeness (QED) is 0.884. The summed E-state index contributed by atoms with van der Waals surface area (Å²) in [5.74, 6) is -0.434. The predicted molar refractivity (Wildman–Crippen MR) is 70.1 cm³/mol. The van der Waals surface area contributed by atoms with Crippen LogP contribution in [0.4, 0.5) is 5.69 Å². The van der Waals surface area contributed by atoms with E-state index in [4.69, 9.17) is 5.73 Å². The maximum atomic E-state index is 12.0. The van der Waals surface area contributed by atoms with Gasteiger partial charge in [-0.15, -0.1) is 0 Å². The molecule has 0 radical (unpaired) electrons. The molecule has 1 heterocycles. The zero-order valence-electron chi connectivity index (χ0n) is 10.4. The Kier molecular flexibility index (Phi) is 3.06. The Bertz CT molecular complexity index is 595. The van der Waals surface area contributed by atoms with Crippen LogP contribution in [0.25, 0.3) is 0 Å². The molecule has 1 amide bonds. The van der Waals surface area contributed by atoms with Crippen LogP contribution in [0.3, 0.4) is 0 Å². The van der Waals surface area contributed by atoms with Crippen LogP contribution >= 0.6 is 0 Å². The Hall–Kier alpha value is -1.56. The van der Waals surface area contributed by atoms with Crippen molar-refractivity contribution in [3.8, 4) is 0 Å². The van der Waals surface area contributed by atoms with Crippen molar-refractivity contribution in [2.24, 2.45) is 5.73 Å². The molecule has 1 aromatic carbocycles. The van der Waals surface area contributed by atoms with Crippen molar-refractivity contribution in [3.05, 3.63) is 29.3 Å². The van der Waals surface area contributed by atoms with Gasteiger partial charge in [0.25, 0.3) is 0 Å². The first-order valence-corrected chi connectivity index (χ1v) is 7.42. The van der Waals surface area contributed by atoms with Gasteiger partial charge in [0, 0.05) is 11.6 Å². The van der Waals surface area contributed by atoms with Crippen molar-refractivity contribution in [2.45, 2.75) is 26.3 Å². The zero-order valence-corrected chi connectivity index (χ0v) is 11.2. The lowest BCUT2D eigenvalue weighted by Gasteiger charge is -2.23. The standard InChI is InChI=1S/C12H16N2O3S/c1-3-18(16,17)14-8(2)6-10-7-9(12(13)15)4-5-11(10)14/h4-5,7-8H,3,6H2,1-2H3,(H2,13,15)/t8-/m0/s1. The zero-order chi connectivity index (χ0) is 13.5. The van der Waals surface area contributed by atoms with Gasteiger partial charge in [-0.25, -0.2) is 8.42 Å². The number of nitrogens with zero attached hydrogens (tertiary/aromatic N) is 1. The minimum atomic E-state index is -3.28. The molecule has 1 aromatic rings. The Morgan fingerprint density at radius 1 is 1.50 bits per heavy atom. The lowest BCUT2D eigenvalue weighted by atomic mass is 10.1. The summed E-state index contributed by atoms with van der Waals surface area (Å²) in [6, 6.07) is 4.79. The third-order valence-corrected chi connectivity index (χ3v) is 5.07. The van der Waals surface area contributed by atoms with E-state index >= 15 is 0 Å². The van der Waals surface area contributed by atoms with Gasteiger partial charge >= 0.3 is 0 Å². The third-order valence-electron chi connectivity index (χ3n) is 3.18. The molecule has 0 aromatic heterocycles. The highest BCUT2D eigenvalue weighted by Crippen LogP contribution is 2.35. The van der Waals surface area contributed by atoms with Crippen LogP contribution < -0.4 is 10.0 Å². The van der Waals surface area contributed by atoms with E-state index in [1.807, 2.05) is 6.92 Å². The number of carbonyl (C=O) groups is 1. The molecular formula is C12H16N2O3S. The van der Waals surface area contributed by atoms with E-state index in [1.165, 1.54) is 4.31 Å². The predicted octanol–water partition coefficient (Wildman–Crippen LogP) is 0.886. The van der Waals surface area contributed by atoms with E-state index in [-0.39, 0.29) is 11.8 Å². The van der Waals surface area contributed by atoms with E-state index in [2.05, 4.69) is 0 Å². The van der Waals surface area contributed by atoms with Crippen molar-refractivity contribution >= 4 is 21.6 Å². The number of anilines is 1. The molecule has 1 aliphatic heterocycles. The number of fused-ring (bicyclic) bond motifs is 1. The molecule has 0 spiro atoms. The molecule has 6 heteroatoms. The summed E-state index contributed by atoms with van der Waals surface area (Å²) in [4.78, 5) is 11.1. The first-order valence-electron chi connectivity index (χ1n) is 5.81. The van der Waals surface area contributed by atoms with E-state index < -0.39 is 15.9 Å². The summed E-state index contributed by atoms with van der Waals surface area (Å²) in [6.07, 6.45) is 0.607. The molecule has 0 unspecified atom stereocenters. The van der Waals surface area contributed by atoms with Crippen molar-refractivity contribution < 1.29 is 13.2 Å². The molecule has 0 aliphatic carbocycles. The number of nitrogens with two attached hydrogens (primary N) is 1. The van der Waals surface area contributed by atoms with E-state index in [9.17, 15) is 13.2 Å². The van der Waals surface area contributed by atoms with E-state index in [0.29, 0.717) is 17.7 Å². The molecule has 98 valence electrons. The van der Waals surface area contributed by atoms with Gasteiger partial charge in [-0.1, -0.05) is 0 Å². The maximum Gasteiger partial charge on any atom is 0.248 e. The molecule has 2 N–H and O–H groups in total. The van der Waals surface area contributed by atoms with Gasteiger partial charge in [-0.3, -0.25) is 9.10 Å². The molecule has 0 saturated carbocycles. The highest BCUT2D eigenvalue weighted by Gasteiger charge is 2.34. The largest absolute Gasteiger partial charge is 0.366 e. The molecule has 18 heavy (non-hydrogen) atoms. The summed E-state index contributed by atoms with van der Waals surface area (Å²) < 4.78 is 25.5. The minimum absolute atomic E-state index is 0.0638. The van der Waals surface area contributed by atoms with Crippen LogP contribution in [0.5, 0.6) is 0 Å². The van der Waals surface area contributed by atoms with Gasteiger partial charge in [-0.2, -0.15) is 0 Å². The average molecular weight is 268 g/mol. The average Bonchev–Trinajstić information content (AvgIpc) is 2.64. The highest BCUT2D eigenvalue weighted by atomic mass is 32.2. The van der Waals surface area contributed by atoms with Gasteiger partial charge in [0.05, 0.1) is 11.4 Å². The molecule has 2 rings (SSSR count). The van der Waals surface area contributed by atoms with Crippen LogP contribution in [0.1, 0.15) is 29.8 Å². The SMILES string of the molecule is CCS(=O)(=O)N1c2ccc(C(N)=O)cc2C[C@@H]1C. The molecule has 5 nitrogen and oxygen atoms in total. The number of hydrogen-bond acceptors (Lipinski definition) is 3. The van der Waals surface area contributed by atoms with Gasteiger partial charge in [0.2, 0.25) is 15.9 Å². The smallest absolute Gasteiger partial charge is 0.248 e. The van der Waals surface area contributed by atoms with Crippen molar-refractivity contribution in [1.29, 1.82) is 0 Å². The van der Waals surface area contributed by atoms with Crippen LogP contribution in [-0.4, -0.2) is 26.1 Å². The van der Waals surface area contributed by atoms with Crippen LogP contribution in [0, 0.1) is 0 Å². The topological polar surface area (TPSA) is 80.5 Å².